The van der Waals surface area contributed by atoms with Crippen LogP contribution in [0, 0.1) is 10.1 Å². The number of nitrogens with zero attached hydrogens (tertiary/aromatic N) is 1. The second-order valence-corrected chi connectivity index (χ2v) is 2.82. The number of ketones is 1. The minimum Gasteiger partial charge on any atom is -0.326 e. The summed E-state index contributed by atoms with van der Waals surface area (Å²) in [4.78, 5) is 20.7. The first-order valence-corrected chi connectivity index (χ1v) is 4.07. The van der Waals surface area contributed by atoms with E-state index in [4.69, 9.17) is 5.73 Å². The highest BCUT2D eigenvalue weighted by atomic mass is 16.6. The molecule has 0 aliphatic heterocycles. The van der Waals surface area contributed by atoms with E-state index in [-0.39, 0.29) is 0 Å². The first-order valence-electron chi connectivity index (χ1n) is 4.07. The SMILES string of the molecule is NCc1cccc(C(=O)C[N+](=O)[O-])c1. The van der Waals surface area contributed by atoms with Crippen molar-refractivity contribution in [1.29, 1.82) is 0 Å². The maximum absolute atomic E-state index is 11.2. The van der Waals surface area contributed by atoms with Gasteiger partial charge in [0.05, 0.1) is 0 Å². The number of nitro groups is 1. The molecule has 1 aromatic carbocycles. The monoisotopic (exact) mass is 194 g/mol. The molecule has 0 fully saturated rings. The Kier molecular flexibility index (Phi) is 3.30. The molecule has 0 radical (unpaired) electrons. The summed E-state index contributed by atoms with van der Waals surface area (Å²) in [5, 5.41) is 10.1. The quantitative estimate of drug-likeness (QED) is 0.432. The van der Waals surface area contributed by atoms with Crippen LogP contribution in [0.4, 0.5) is 0 Å². The molecule has 0 spiro atoms. The minimum absolute atomic E-state index is 0.319. The van der Waals surface area contributed by atoms with E-state index < -0.39 is 17.3 Å². The van der Waals surface area contributed by atoms with Gasteiger partial charge in [-0.3, -0.25) is 14.9 Å². The number of rotatable bonds is 4. The molecule has 5 heteroatoms. The smallest absolute Gasteiger partial charge is 0.265 e. The molecule has 0 unspecified atom stereocenters. The lowest BCUT2D eigenvalue weighted by atomic mass is 10.1. The van der Waals surface area contributed by atoms with E-state index in [0.29, 0.717) is 12.1 Å². The molecule has 74 valence electrons. The molecule has 0 amide bonds. The molecular formula is C9H10N2O3. The van der Waals surface area contributed by atoms with Crippen molar-refractivity contribution in [2.24, 2.45) is 5.73 Å². The van der Waals surface area contributed by atoms with E-state index in [2.05, 4.69) is 0 Å². The molecule has 0 saturated heterocycles. The van der Waals surface area contributed by atoms with Crippen molar-refractivity contribution in [3.05, 3.63) is 45.5 Å². The van der Waals surface area contributed by atoms with Crippen molar-refractivity contribution < 1.29 is 9.72 Å². The second-order valence-electron chi connectivity index (χ2n) is 2.82. The van der Waals surface area contributed by atoms with Gasteiger partial charge in [0.25, 0.3) is 6.54 Å². The molecule has 0 bridgehead atoms. The Hall–Kier alpha value is -1.75. The van der Waals surface area contributed by atoms with Crippen LogP contribution in [0.3, 0.4) is 0 Å². The molecule has 0 aliphatic rings. The van der Waals surface area contributed by atoms with Crippen LogP contribution in [0.1, 0.15) is 15.9 Å². The number of carbonyl (C=O) groups is 1. The zero-order chi connectivity index (χ0) is 10.6. The predicted molar refractivity (Wildman–Crippen MR) is 50.5 cm³/mol. The molecule has 14 heavy (non-hydrogen) atoms. The molecule has 1 aromatic rings. The summed E-state index contributed by atoms with van der Waals surface area (Å²) in [6, 6.07) is 6.55. The Morgan fingerprint density at radius 1 is 1.50 bits per heavy atom. The van der Waals surface area contributed by atoms with Crippen molar-refractivity contribution >= 4 is 5.78 Å². The fraction of sp³-hybridized carbons (Fsp3) is 0.222. The molecule has 2 N–H and O–H groups in total. The van der Waals surface area contributed by atoms with Gasteiger partial charge >= 0.3 is 0 Å². The third-order valence-corrected chi connectivity index (χ3v) is 1.76. The standard InChI is InChI=1S/C9H10N2O3/c10-5-7-2-1-3-8(4-7)9(12)6-11(13)14/h1-4H,5-6,10H2. The average Bonchev–Trinajstić information content (AvgIpc) is 2.17. The summed E-state index contributed by atoms with van der Waals surface area (Å²) in [5.41, 5.74) is 6.50. The summed E-state index contributed by atoms with van der Waals surface area (Å²) in [7, 11) is 0. The summed E-state index contributed by atoms with van der Waals surface area (Å²) >= 11 is 0. The van der Waals surface area contributed by atoms with E-state index in [0.717, 1.165) is 5.56 Å². The van der Waals surface area contributed by atoms with Crippen LogP contribution in [0.25, 0.3) is 0 Å². The van der Waals surface area contributed by atoms with E-state index in [1.165, 1.54) is 0 Å². The van der Waals surface area contributed by atoms with Gasteiger partial charge in [-0.25, -0.2) is 0 Å². The van der Waals surface area contributed by atoms with Gasteiger partial charge in [0.1, 0.15) is 0 Å². The Morgan fingerprint density at radius 2 is 2.21 bits per heavy atom. The Morgan fingerprint density at radius 3 is 2.79 bits per heavy atom. The molecule has 0 atom stereocenters. The predicted octanol–water partition coefficient (Wildman–Crippen LogP) is 0.605. The summed E-state index contributed by atoms with van der Waals surface area (Å²) in [6.45, 7) is -0.354. The van der Waals surface area contributed by atoms with Crippen LogP contribution in [-0.4, -0.2) is 17.3 Å². The normalized spacial score (nSPS) is 9.79. The number of hydrogen-bond acceptors (Lipinski definition) is 4. The van der Waals surface area contributed by atoms with Gasteiger partial charge in [0, 0.05) is 17.0 Å². The van der Waals surface area contributed by atoms with E-state index in [9.17, 15) is 14.9 Å². The van der Waals surface area contributed by atoms with Crippen molar-refractivity contribution in [2.75, 3.05) is 6.54 Å². The molecule has 5 nitrogen and oxygen atoms in total. The Labute approximate surface area is 80.7 Å². The molecule has 0 aliphatic carbocycles. The fourth-order valence-electron chi connectivity index (χ4n) is 1.08. The minimum atomic E-state index is -0.673. The van der Waals surface area contributed by atoms with Gasteiger partial charge in [-0.2, -0.15) is 0 Å². The zero-order valence-corrected chi connectivity index (χ0v) is 7.47. The highest BCUT2D eigenvalue weighted by Gasteiger charge is 2.12. The lowest BCUT2D eigenvalue weighted by Crippen LogP contribution is -2.14. The Bertz CT molecular complexity index is 363. The lowest BCUT2D eigenvalue weighted by Gasteiger charge is -1.99. The number of benzene rings is 1. The third kappa shape index (κ3) is 2.63. The first-order chi connectivity index (χ1) is 6.63. The van der Waals surface area contributed by atoms with Crippen LogP contribution >= 0.6 is 0 Å². The van der Waals surface area contributed by atoms with Crippen LogP contribution in [-0.2, 0) is 6.54 Å². The largest absolute Gasteiger partial charge is 0.326 e. The van der Waals surface area contributed by atoms with Crippen LogP contribution in [0.15, 0.2) is 24.3 Å². The van der Waals surface area contributed by atoms with Crippen molar-refractivity contribution in [2.45, 2.75) is 6.54 Å². The Balaban J connectivity index is 2.84. The topological polar surface area (TPSA) is 86.2 Å². The molecule has 1 rings (SSSR count). The van der Waals surface area contributed by atoms with E-state index >= 15 is 0 Å². The molecular weight excluding hydrogens is 184 g/mol. The van der Waals surface area contributed by atoms with Gasteiger partial charge in [-0.1, -0.05) is 18.2 Å². The zero-order valence-electron chi connectivity index (χ0n) is 7.47. The van der Waals surface area contributed by atoms with Crippen molar-refractivity contribution in [3.63, 3.8) is 0 Å². The maximum atomic E-state index is 11.2. The van der Waals surface area contributed by atoms with E-state index in [1.54, 1.807) is 24.3 Å². The van der Waals surface area contributed by atoms with Gasteiger partial charge in [0.15, 0.2) is 0 Å². The fourth-order valence-corrected chi connectivity index (χ4v) is 1.08. The summed E-state index contributed by atoms with van der Waals surface area (Å²) < 4.78 is 0. The third-order valence-electron chi connectivity index (χ3n) is 1.76. The lowest BCUT2D eigenvalue weighted by molar-refractivity contribution is -0.465. The number of hydrogen-bond donors (Lipinski definition) is 1. The number of carbonyl (C=O) groups excluding carboxylic acids is 1. The average molecular weight is 194 g/mol. The highest BCUT2D eigenvalue weighted by Crippen LogP contribution is 2.05. The van der Waals surface area contributed by atoms with E-state index in [1.807, 2.05) is 0 Å². The van der Waals surface area contributed by atoms with Gasteiger partial charge in [-0.15, -0.1) is 0 Å². The second kappa shape index (κ2) is 4.48. The van der Waals surface area contributed by atoms with Gasteiger partial charge in [-0.05, 0) is 11.6 Å². The number of Topliss-reactive ketones (excluding diaryl/α,β-unsaturated/α-hetero) is 1. The van der Waals surface area contributed by atoms with Crippen LogP contribution in [0.2, 0.25) is 0 Å². The highest BCUT2D eigenvalue weighted by molar-refractivity contribution is 5.97. The molecule has 0 saturated carbocycles. The molecule has 0 aromatic heterocycles. The van der Waals surface area contributed by atoms with Gasteiger partial charge < -0.3 is 5.73 Å². The van der Waals surface area contributed by atoms with Crippen molar-refractivity contribution in [3.8, 4) is 0 Å². The summed E-state index contributed by atoms with van der Waals surface area (Å²) in [5.74, 6) is -0.495. The van der Waals surface area contributed by atoms with Crippen molar-refractivity contribution in [1.82, 2.24) is 0 Å². The summed E-state index contributed by atoms with van der Waals surface area (Å²) in [6.07, 6.45) is 0. The first kappa shape index (κ1) is 10.3. The van der Waals surface area contributed by atoms with Gasteiger partial charge in [0.2, 0.25) is 5.78 Å². The maximum Gasteiger partial charge on any atom is 0.265 e. The molecule has 0 heterocycles. The van der Waals surface area contributed by atoms with Crippen LogP contribution in [0.5, 0.6) is 0 Å². The number of nitrogens with two attached hydrogens (primary N) is 1. The van der Waals surface area contributed by atoms with Crippen LogP contribution < -0.4 is 5.73 Å².